The van der Waals surface area contributed by atoms with Crippen LogP contribution in [0.4, 0.5) is 0 Å². The average Bonchev–Trinajstić information content (AvgIpc) is 3.10. The topological polar surface area (TPSA) is 72.9 Å². The van der Waals surface area contributed by atoms with Gasteiger partial charge in [0, 0.05) is 9.75 Å². The zero-order chi connectivity index (χ0) is 17.1. The highest BCUT2D eigenvalue weighted by molar-refractivity contribution is 7.12. The maximum atomic E-state index is 12.2. The number of hydrogen-bond donors (Lipinski definition) is 0. The second-order valence-electron chi connectivity index (χ2n) is 5.07. The van der Waals surface area contributed by atoms with Gasteiger partial charge < -0.3 is 4.74 Å². The lowest BCUT2D eigenvalue weighted by molar-refractivity contribution is -0.142. The quantitative estimate of drug-likeness (QED) is 0.594. The Labute approximate surface area is 142 Å². The van der Waals surface area contributed by atoms with Crippen LogP contribution in [0.1, 0.15) is 37.4 Å². The molecular weight excluding hydrogens is 330 g/mol. The zero-order valence-corrected chi connectivity index (χ0v) is 13.8. The molecule has 0 atom stereocenters. The molecule has 24 heavy (non-hydrogen) atoms. The summed E-state index contributed by atoms with van der Waals surface area (Å²) >= 11 is 1.38. The van der Waals surface area contributed by atoms with Gasteiger partial charge in [-0.05, 0) is 31.2 Å². The van der Waals surface area contributed by atoms with E-state index in [9.17, 15) is 14.4 Å². The van der Waals surface area contributed by atoms with Gasteiger partial charge in [-0.1, -0.05) is 12.1 Å². The number of ether oxygens (including phenoxy) is 1. The van der Waals surface area contributed by atoms with Gasteiger partial charge in [-0.2, -0.15) is 0 Å². The Kier molecular flexibility index (Phi) is 4.73. The zero-order valence-electron chi connectivity index (χ0n) is 13.0. The van der Waals surface area contributed by atoms with Crippen LogP contribution in [-0.4, -0.2) is 29.5 Å². The van der Waals surface area contributed by atoms with Crippen molar-refractivity contribution in [1.29, 1.82) is 0 Å². The largest absolute Gasteiger partial charge is 0.466 e. The number of rotatable bonds is 6. The smallest absolute Gasteiger partial charge is 0.311 e. The number of nitrogens with zero attached hydrogens (tertiary/aromatic N) is 1. The lowest BCUT2D eigenvalue weighted by Crippen LogP contribution is -2.29. The molecule has 1 aliphatic rings. The molecule has 0 saturated carbocycles. The van der Waals surface area contributed by atoms with E-state index in [0.29, 0.717) is 17.7 Å². The minimum absolute atomic E-state index is 0.0823. The molecule has 0 aliphatic carbocycles. The van der Waals surface area contributed by atoms with Crippen LogP contribution in [-0.2, 0) is 27.4 Å². The summed E-state index contributed by atoms with van der Waals surface area (Å²) in [5.41, 5.74) is 0.688. The number of amides is 2. The number of carbonyl (C=O) groups is 3. The van der Waals surface area contributed by atoms with Gasteiger partial charge in [-0.3, -0.25) is 19.2 Å². The fourth-order valence-electron chi connectivity index (χ4n) is 2.36. The van der Waals surface area contributed by atoms with Crippen molar-refractivity contribution in [3.63, 3.8) is 0 Å². The summed E-state index contributed by atoms with van der Waals surface area (Å²) in [5, 5.41) is 0.787. The van der Waals surface area contributed by atoms with E-state index in [4.69, 9.17) is 9.57 Å². The number of fused-ring (bicyclic) bond motifs is 1. The second kappa shape index (κ2) is 6.94. The van der Waals surface area contributed by atoms with Gasteiger partial charge in [0.1, 0.15) is 6.61 Å². The summed E-state index contributed by atoms with van der Waals surface area (Å²) < 4.78 is 4.90. The fraction of sp³-hybridized carbons (Fsp3) is 0.235. The summed E-state index contributed by atoms with van der Waals surface area (Å²) in [6.07, 6.45) is 0.200. The normalized spacial score (nSPS) is 13.3. The van der Waals surface area contributed by atoms with Crippen LogP contribution in [0.3, 0.4) is 0 Å². The predicted octanol–water partition coefficient (Wildman–Crippen LogP) is 2.58. The summed E-state index contributed by atoms with van der Waals surface area (Å²) in [6, 6.07) is 10.2. The monoisotopic (exact) mass is 345 g/mol. The van der Waals surface area contributed by atoms with Gasteiger partial charge in [0.15, 0.2) is 0 Å². The van der Waals surface area contributed by atoms with Gasteiger partial charge in [-0.15, -0.1) is 16.4 Å². The summed E-state index contributed by atoms with van der Waals surface area (Å²) in [5.74, 6) is -1.20. The van der Waals surface area contributed by atoms with Crippen molar-refractivity contribution in [1.82, 2.24) is 5.06 Å². The Hall–Kier alpha value is -2.51. The number of hydroxylamine groups is 2. The summed E-state index contributed by atoms with van der Waals surface area (Å²) in [4.78, 5) is 42.8. The standard InChI is InChI=1S/C17H15NO5S/c1-2-22-15(19)9-11-7-8-12(24-11)10-23-18-16(20)13-5-3-4-6-14(13)17(18)21/h3-8H,2,9-10H2,1H3. The minimum Gasteiger partial charge on any atom is -0.466 e. The second-order valence-corrected chi connectivity index (χ2v) is 6.33. The lowest BCUT2D eigenvalue weighted by Gasteiger charge is -2.12. The lowest BCUT2D eigenvalue weighted by atomic mass is 10.1. The Morgan fingerprint density at radius 2 is 1.67 bits per heavy atom. The van der Waals surface area contributed by atoms with Crippen molar-refractivity contribution < 1.29 is 24.0 Å². The molecule has 1 aromatic carbocycles. The van der Waals surface area contributed by atoms with E-state index in [2.05, 4.69) is 0 Å². The van der Waals surface area contributed by atoms with Crippen LogP contribution >= 0.6 is 11.3 Å². The van der Waals surface area contributed by atoms with Crippen LogP contribution in [0.2, 0.25) is 0 Å². The average molecular weight is 345 g/mol. The van der Waals surface area contributed by atoms with E-state index in [1.165, 1.54) is 11.3 Å². The number of hydrogen-bond acceptors (Lipinski definition) is 6. The van der Waals surface area contributed by atoms with Gasteiger partial charge in [0.25, 0.3) is 11.8 Å². The molecule has 0 unspecified atom stereocenters. The van der Waals surface area contributed by atoms with Crippen LogP contribution in [0.5, 0.6) is 0 Å². The summed E-state index contributed by atoms with van der Waals surface area (Å²) in [7, 11) is 0. The third-order valence-corrected chi connectivity index (χ3v) is 4.49. The molecule has 6 nitrogen and oxygen atoms in total. The molecule has 0 spiro atoms. The number of carbonyl (C=O) groups excluding carboxylic acids is 3. The van der Waals surface area contributed by atoms with Crippen molar-refractivity contribution in [2.45, 2.75) is 20.0 Å². The van der Waals surface area contributed by atoms with Crippen molar-refractivity contribution in [2.75, 3.05) is 6.61 Å². The van der Waals surface area contributed by atoms with Crippen molar-refractivity contribution in [3.05, 3.63) is 57.3 Å². The predicted molar refractivity (Wildman–Crippen MR) is 86.4 cm³/mol. The van der Waals surface area contributed by atoms with Gasteiger partial charge >= 0.3 is 5.97 Å². The van der Waals surface area contributed by atoms with Crippen LogP contribution in [0.25, 0.3) is 0 Å². The molecule has 0 radical (unpaired) electrons. The van der Waals surface area contributed by atoms with Crippen molar-refractivity contribution in [3.8, 4) is 0 Å². The van der Waals surface area contributed by atoms with Gasteiger partial charge in [-0.25, -0.2) is 0 Å². The van der Waals surface area contributed by atoms with Crippen LogP contribution < -0.4 is 0 Å². The molecule has 2 aromatic rings. The third kappa shape index (κ3) is 3.22. The first-order chi connectivity index (χ1) is 11.6. The highest BCUT2D eigenvalue weighted by Gasteiger charge is 2.36. The molecule has 0 N–H and O–H groups in total. The molecule has 0 saturated heterocycles. The van der Waals surface area contributed by atoms with Crippen LogP contribution in [0.15, 0.2) is 36.4 Å². The van der Waals surface area contributed by atoms with Gasteiger partial charge in [0.05, 0.1) is 24.2 Å². The maximum Gasteiger partial charge on any atom is 0.311 e. The molecule has 2 amide bonds. The first-order valence-electron chi connectivity index (χ1n) is 7.44. The molecule has 0 bridgehead atoms. The SMILES string of the molecule is CCOC(=O)Cc1ccc(CON2C(=O)c3ccccc3C2=O)s1. The van der Waals surface area contributed by atoms with Gasteiger partial charge in [0.2, 0.25) is 0 Å². The fourth-order valence-corrected chi connectivity index (χ4v) is 3.27. The molecule has 7 heteroatoms. The maximum absolute atomic E-state index is 12.2. The molecule has 0 fully saturated rings. The Bertz CT molecular complexity index is 763. The number of imide groups is 1. The van der Waals surface area contributed by atoms with E-state index in [-0.39, 0.29) is 19.0 Å². The molecule has 1 aliphatic heterocycles. The molecule has 3 rings (SSSR count). The Morgan fingerprint density at radius 1 is 1.04 bits per heavy atom. The molecule has 2 heterocycles. The van der Waals surface area contributed by atoms with Crippen molar-refractivity contribution >= 4 is 29.1 Å². The van der Waals surface area contributed by atoms with E-state index >= 15 is 0 Å². The Morgan fingerprint density at radius 3 is 2.29 bits per heavy atom. The molecular formula is C17H15NO5S. The first-order valence-corrected chi connectivity index (χ1v) is 8.25. The third-order valence-electron chi connectivity index (χ3n) is 3.43. The van der Waals surface area contributed by atoms with Crippen molar-refractivity contribution in [2.24, 2.45) is 0 Å². The molecule has 1 aromatic heterocycles. The van der Waals surface area contributed by atoms with E-state index in [1.807, 2.05) is 6.07 Å². The number of benzene rings is 1. The van der Waals surface area contributed by atoms with Crippen LogP contribution in [0, 0.1) is 0 Å². The number of esters is 1. The van der Waals surface area contributed by atoms with E-state index < -0.39 is 11.8 Å². The Balaban J connectivity index is 1.61. The first kappa shape index (κ1) is 16.4. The van der Waals surface area contributed by atoms with E-state index in [0.717, 1.165) is 14.8 Å². The highest BCUT2D eigenvalue weighted by atomic mass is 32.1. The highest BCUT2D eigenvalue weighted by Crippen LogP contribution is 2.25. The minimum atomic E-state index is -0.459. The molecule has 124 valence electrons. The summed E-state index contributed by atoms with van der Waals surface area (Å²) in [6.45, 7) is 2.19. The number of thiophene rings is 1. The van der Waals surface area contributed by atoms with E-state index in [1.54, 1.807) is 37.3 Å².